The molecule has 1 aromatic rings. The van der Waals surface area contributed by atoms with E-state index in [4.69, 9.17) is 0 Å². The van der Waals surface area contributed by atoms with Crippen LogP contribution in [0.15, 0.2) is 16.8 Å². The highest BCUT2D eigenvalue weighted by Gasteiger charge is 2.20. The van der Waals surface area contributed by atoms with Crippen molar-refractivity contribution in [3.8, 4) is 0 Å². The predicted octanol–water partition coefficient (Wildman–Crippen LogP) is 1.97. The standard InChI is InChI=1S/C12H20N2S/c1-10-8-14(5-4-13-10)11(2)7-12-3-6-15-9-12/h3,6,9-11,13H,4-5,7-8H2,1-2H3/t10-,11?/m0/s1. The lowest BCUT2D eigenvalue weighted by atomic mass is 10.1. The largest absolute Gasteiger partial charge is 0.312 e. The average Bonchev–Trinajstić information content (AvgIpc) is 2.70. The first kappa shape index (κ1) is 11.1. The minimum Gasteiger partial charge on any atom is -0.312 e. The molecule has 1 fully saturated rings. The fraction of sp³-hybridized carbons (Fsp3) is 0.667. The first-order valence-corrected chi connectivity index (χ1v) is 6.68. The topological polar surface area (TPSA) is 15.3 Å². The van der Waals surface area contributed by atoms with Gasteiger partial charge in [0, 0.05) is 31.7 Å². The first-order valence-electron chi connectivity index (χ1n) is 5.74. The number of hydrogen-bond donors (Lipinski definition) is 1. The molecule has 1 N–H and O–H groups in total. The Hall–Kier alpha value is -0.380. The number of rotatable bonds is 3. The van der Waals surface area contributed by atoms with Crippen LogP contribution in [0.5, 0.6) is 0 Å². The molecule has 15 heavy (non-hydrogen) atoms. The highest BCUT2D eigenvalue weighted by Crippen LogP contribution is 2.13. The zero-order valence-corrected chi connectivity index (χ0v) is 10.4. The van der Waals surface area contributed by atoms with E-state index < -0.39 is 0 Å². The SMILES string of the molecule is CC(Cc1ccsc1)N1CCN[C@@H](C)C1. The van der Waals surface area contributed by atoms with E-state index in [1.807, 2.05) is 0 Å². The molecular formula is C12H20N2S. The lowest BCUT2D eigenvalue weighted by Crippen LogP contribution is -2.52. The molecule has 1 aromatic heterocycles. The summed E-state index contributed by atoms with van der Waals surface area (Å²) in [7, 11) is 0. The number of piperazine rings is 1. The van der Waals surface area contributed by atoms with Gasteiger partial charge in [0.1, 0.15) is 0 Å². The molecule has 0 spiro atoms. The highest BCUT2D eigenvalue weighted by atomic mass is 32.1. The monoisotopic (exact) mass is 224 g/mol. The quantitative estimate of drug-likeness (QED) is 0.844. The molecule has 0 amide bonds. The van der Waals surface area contributed by atoms with Crippen molar-refractivity contribution < 1.29 is 0 Å². The van der Waals surface area contributed by atoms with Gasteiger partial charge in [0.25, 0.3) is 0 Å². The summed E-state index contributed by atoms with van der Waals surface area (Å²) in [5.74, 6) is 0. The van der Waals surface area contributed by atoms with Gasteiger partial charge in [-0.3, -0.25) is 4.90 Å². The lowest BCUT2D eigenvalue weighted by Gasteiger charge is -2.36. The van der Waals surface area contributed by atoms with E-state index >= 15 is 0 Å². The molecule has 2 rings (SSSR count). The normalized spacial score (nSPS) is 25.3. The molecular weight excluding hydrogens is 204 g/mol. The van der Waals surface area contributed by atoms with E-state index in [2.05, 4.69) is 40.9 Å². The number of thiophene rings is 1. The summed E-state index contributed by atoms with van der Waals surface area (Å²) in [6.07, 6.45) is 1.19. The highest BCUT2D eigenvalue weighted by molar-refractivity contribution is 7.07. The zero-order chi connectivity index (χ0) is 10.7. The Balaban J connectivity index is 1.87. The van der Waals surface area contributed by atoms with E-state index in [0.717, 1.165) is 6.54 Å². The summed E-state index contributed by atoms with van der Waals surface area (Å²) in [6.45, 7) is 8.12. The van der Waals surface area contributed by atoms with Crippen molar-refractivity contribution in [2.24, 2.45) is 0 Å². The molecule has 2 nitrogen and oxygen atoms in total. The van der Waals surface area contributed by atoms with Gasteiger partial charge in [-0.2, -0.15) is 11.3 Å². The van der Waals surface area contributed by atoms with E-state index in [-0.39, 0.29) is 0 Å². The van der Waals surface area contributed by atoms with Crippen LogP contribution in [0.1, 0.15) is 19.4 Å². The minimum absolute atomic E-state index is 0.642. The van der Waals surface area contributed by atoms with Crippen LogP contribution in [0.25, 0.3) is 0 Å². The minimum atomic E-state index is 0.642. The van der Waals surface area contributed by atoms with Crippen molar-refractivity contribution in [3.05, 3.63) is 22.4 Å². The van der Waals surface area contributed by atoms with Gasteiger partial charge < -0.3 is 5.32 Å². The molecule has 84 valence electrons. The third-order valence-electron chi connectivity index (χ3n) is 3.13. The third-order valence-corrected chi connectivity index (χ3v) is 3.87. The third kappa shape index (κ3) is 3.03. The van der Waals surface area contributed by atoms with Crippen molar-refractivity contribution >= 4 is 11.3 Å². The molecule has 0 aliphatic carbocycles. The molecule has 1 aliphatic heterocycles. The smallest absolute Gasteiger partial charge is 0.0167 e. The molecule has 0 bridgehead atoms. The summed E-state index contributed by atoms with van der Waals surface area (Å²) in [4.78, 5) is 2.60. The Bertz CT molecular complexity index is 284. The second-order valence-corrected chi connectivity index (χ2v) is 5.31. The van der Waals surface area contributed by atoms with Gasteiger partial charge >= 0.3 is 0 Å². The molecule has 0 saturated carbocycles. The van der Waals surface area contributed by atoms with Crippen LogP contribution in [0.3, 0.4) is 0 Å². The predicted molar refractivity (Wildman–Crippen MR) is 66.5 cm³/mol. The average molecular weight is 224 g/mol. The fourth-order valence-electron chi connectivity index (χ4n) is 2.24. The maximum absolute atomic E-state index is 3.49. The fourth-order valence-corrected chi connectivity index (χ4v) is 2.92. The maximum Gasteiger partial charge on any atom is 0.0167 e. The van der Waals surface area contributed by atoms with Crippen molar-refractivity contribution in [1.82, 2.24) is 10.2 Å². The molecule has 3 heteroatoms. The number of hydrogen-bond acceptors (Lipinski definition) is 3. The molecule has 2 heterocycles. The molecule has 1 unspecified atom stereocenters. The van der Waals surface area contributed by atoms with Gasteiger partial charge in [0.2, 0.25) is 0 Å². The second kappa shape index (κ2) is 5.10. The van der Waals surface area contributed by atoms with Gasteiger partial charge in [-0.15, -0.1) is 0 Å². The second-order valence-electron chi connectivity index (χ2n) is 4.53. The van der Waals surface area contributed by atoms with Crippen LogP contribution < -0.4 is 5.32 Å². The Morgan fingerprint density at radius 2 is 2.53 bits per heavy atom. The van der Waals surface area contributed by atoms with Gasteiger partial charge in [-0.25, -0.2) is 0 Å². The van der Waals surface area contributed by atoms with Crippen LogP contribution in [-0.4, -0.2) is 36.6 Å². The first-order chi connectivity index (χ1) is 7.25. The van der Waals surface area contributed by atoms with Crippen molar-refractivity contribution in [2.75, 3.05) is 19.6 Å². The number of nitrogens with one attached hydrogen (secondary N) is 1. The summed E-state index contributed by atoms with van der Waals surface area (Å²) in [5.41, 5.74) is 1.48. The van der Waals surface area contributed by atoms with Crippen LogP contribution in [0, 0.1) is 0 Å². The van der Waals surface area contributed by atoms with E-state index in [0.29, 0.717) is 12.1 Å². The van der Waals surface area contributed by atoms with Gasteiger partial charge in [0.05, 0.1) is 0 Å². The van der Waals surface area contributed by atoms with Crippen LogP contribution in [0.4, 0.5) is 0 Å². The van der Waals surface area contributed by atoms with E-state index in [9.17, 15) is 0 Å². The van der Waals surface area contributed by atoms with Gasteiger partial charge in [0.15, 0.2) is 0 Å². The molecule has 1 saturated heterocycles. The zero-order valence-electron chi connectivity index (χ0n) is 9.57. The summed E-state index contributed by atoms with van der Waals surface area (Å²) < 4.78 is 0. The molecule has 0 radical (unpaired) electrons. The molecule has 2 atom stereocenters. The van der Waals surface area contributed by atoms with E-state index in [1.54, 1.807) is 11.3 Å². The van der Waals surface area contributed by atoms with Crippen molar-refractivity contribution in [2.45, 2.75) is 32.4 Å². The Labute approximate surface area is 96.3 Å². The Morgan fingerprint density at radius 3 is 3.20 bits per heavy atom. The van der Waals surface area contributed by atoms with Crippen molar-refractivity contribution in [3.63, 3.8) is 0 Å². The van der Waals surface area contributed by atoms with E-state index in [1.165, 1.54) is 25.1 Å². The summed E-state index contributed by atoms with van der Waals surface area (Å²) in [6, 6.07) is 3.56. The molecule has 0 aromatic carbocycles. The Morgan fingerprint density at radius 1 is 1.67 bits per heavy atom. The lowest BCUT2D eigenvalue weighted by molar-refractivity contribution is 0.157. The van der Waals surface area contributed by atoms with Crippen LogP contribution in [-0.2, 0) is 6.42 Å². The maximum atomic E-state index is 3.49. The summed E-state index contributed by atoms with van der Waals surface area (Å²) >= 11 is 1.80. The van der Waals surface area contributed by atoms with Crippen LogP contribution in [0.2, 0.25) is 0 Å². The molecule has 1 aliphatic rings. The number of nitrogens with zero attached hydrogens (tertiary/aromatic N) is 1. The van der Waals surface area contributed by atoms with Gasteiger partial charge in [-0.05, 0) is 42.7 Å². The summed E-state index contributed by atoms with van der Waals surface area (Å²) in [5, 5.41) is 7.92. The Kier molecular flexibility index (Phi) is 3.78. The van der Waals surface area contributed by atoms with Crippen molar-refractivity contribution in [1.29, 1.82) is 0 Å². The van der Waals surface area contributed by atoms with Gasteiger partial charge in [-0.1, -0.05) is 0 Å². The van der Waals surface area contributed by atoms with Crippen LogP contribution >= 0.6 is 11.3 Å².